The molecule has 0 spiro atoms. The van der Waals surface area contributed by atoms with Crippen LogP contribution in [0.2, 0.25) is 0 Å². The third kappa shape index (κ3) is 1.69. The monoisotopic (exact) mass is 228 g/mol. The Hall–Kier alpha value is -1.84. The first-order valence-electron chi connectivity index (χ1n) is 5.99. The number of para-hydroxylation sites is 1. The SMILES string of the molecule is Cc1nnc2n1CC(c1ccccc1N)CC2. The van der Waals surface area contributed by atoms with Gasteiger partial charge < -0.3 is 10.3 Å². The molecule has 2 heterocycles. The van der Waals surface area contributed by atoms with Gasteiger partial charge in [0.25, 0.3) is 0 Å². The summed E-state index contributed by atoms with van der Waals surface area (Å²) in [6.45, 7) is 2.95. The number of nitrogen functional groups attached to an aromatic ring is 1. The van der Waals surface area contributed by atoms with Crippen LogP contribution in [0.3, 0.4) is 0 Å². The molecule has 1 aliphatic rings. The average Bonchev–Trinajstić information content (AvgIpc) is 2.71. The zero-order valence-electron chi connectivity index (χ0n) is 9.93. The van der Waals surface area contributed by atoms with E-state index in [1.54, 1.807) is 0 Å². The van der Waals surface area contributed by atoms with Crippen LogP contribution in [0.15, 0.2) is 24.3 Å². The van der Waals surface area contributed by atoms with Crippen LogP contribution in [0.25, 0.3) is 0 Å². The number of rotatable bonds is 1. The number of hydrogen-bond donors (Lipinski definition) is 1. The summed E-state index contributed by atoms with van der Waals surface area (Å²) < 4.78 is 2.21. The van der Waals surface area contributed by atoms with Crippen LogP contribution in [0.5, 0.6) is 0 Å². The molecule has 2 N–H and O–H groups in total. The van der Waals surface area contributed by atoms with Crippen molar-refractivity contribution in [2.75, 3.05) is 5.73 Å². The van der Waals surface area contributed by atoms with Gasteiger partial charge in [-0.05, 0) is 25.0 Å². The Kier molecular flexibility index (Phi) is 2.35. The first-order chi connectivity index (χ1) is 8.25. The van der Waals surface area contributed by atoms with Crippen molar-refractivity contribution in [2.24, 2.45) is 0 Å². The number of anilines is 1. The fraction of sp³-hybridized carbons (Fsp3) is 0.385. The van der Waals surface area contributed by atoms with Crippen LogP contribution in [-0.2, 0) is 13.0 Å². The van der Waals surface area contributed by atoms with E-state index in [1.165, 1.54) is 5.56 Å². The number of nitrogens with two attached hydrogens (primary N) is 1. The zero-order valence-corrected chi connectivity index (χ0v) is 9.93. The highest BCUT2D eigenvalue weighted by atomic mass is 15.3. The number of nitrogens with zero attached hydrogens (tertiary/aromatic N) is 3. The third-order valence-corrected chi connectivity index (χ3v) is 3.57. The van der Waals surface area contributed by atoms with Gasteiger partial charge in [0.15, 0.2) is 0 Å². The fourth-order valence-corrected chi connectivity index (χ4v) is 2.60. The molecule has 88 valence electrons. The lowest BCUT2D eigenvalue weighted by Gasteiger charge is -2.25. The van der Waals surface area contributed by atoms with E-state index in [-0.39, 0.29) is 0 Å². The predicted octanol–water partition coefficient (Wildman–Crippen LogP) is 1.90. The smallest absolute Gasteiger partial charge is 0.133 e. The van der Waals surface area contributed by atoms with Crippen LogP contribution >= 0.6 is 0 Å². The Labute approximate surface area is 100 Å². The van der Waals surface area contributed by atoms with Crippen molar-refractivity contribution in [3.63, 3.8) is 0 Å². The van der Waals surface area contributed by atoms with Crippen molar-refractivity contribution in [2.45, 2.75) is 32.2 Å². The van der Waals surface area contributed by atoms with E-state index in [4.69, 9.17) is 5.73 Å². The average molecular weight is 228 g/mol. The maximum absolute atomic E-state index is 6.04. The minimum absolute atomic E-state index is 0.485. The van der Waals surface area contributed by atoms with Crippen molar-refractivity contribution in [3.8, 4) is 0 Å². The van der Waals surface area contributed by atoms with E-state index >= 15 is 0 Å². The second-order valence-corrected chi connectivity index (χ2v) is 4.64. The second-order valence-electron chi connectivity index (χ2n) is 4.64. The van der Waals surface area contributed by atoms with E-state index in [1.807, 2.05) is 19.1 Å². The topological polar surface area (TPSA) is 56.7 Å². The Balaban J connectivity index is 1.94. The highest BCUT2D eigenvalue weighted by molar-refractivity contribution is 5.48. The van der Waals surface area contributed by atoms with Gasteiger partial charge in [-0.15, -0.1) is 10.2 Å². The Morgan fingerprint density at radius 2 is 2.12 bits per heavy atom. The molecule has 0 radical (unpaired) electrons. The highest BCUT2D eigenvalue weighted by Gasteiger charge is 2.23. The molecule has 1 aromatic carbocycles. The lowest BCUT2D eigenvalue weighted by molar-refractivity contribution is 0.451. The van der Waals surface area contributed by atoms with Crippen LogP contribution in [0, 0.1) is 6.92 Å². The number of fused-ring (bicyclic) bond motifs is 1. The van der Waals surface area contributed by atoms with Gasteiger partial charge >= 0.3 is 0 Å². The molecule has 0 aliphatic carbocycles. The van der Waals surface area contributed by atoms with Crippen LogP contribution in [0.4, 0.5) is 5.69 Å². The van der Waals surface area contributed by atoms with Crippen molar-refractivity contribution >= 4 is 5.69 Å². The number of benzene rings is 1. The molecular formula is C13H16N4. The summed E-state index contributed by atoms with van der Waals surface area (Å²) in [6, 6.07) is 8.14. The molecule has 0 saturated heterocycles. The van der Waals surface area contributed by atoms with Gasteiger partial charge in [-0.1, -0.05) is 18.2 Å². The summed E-state index contributed by atoms with van der Waals surface area (Å²) in [7, 11) is 0. The molecule has 2 aromatic rings. The Bertz CT molecular complexity index is 544. The normalized spacial score (nSPS) is 19.0. The van der Waals surface area contributed by atoms with Gasteiger partial charge in [0.1, 0.15) is 11.6 Å². The number of aryl methyl sites for hydroxylation is 2. The molecule has 1 unspecified atom stereocenters. The summed E-state index contributed by atoms with van der Waals surface area (Å²) in [5.41, 5.74) is 8.20. The summed E-state index contributed by atoms with van der Waals surface area (Å²) in [5.74, 6) is 2.59. The Morgan fingerprint density at radius 1 is 1.29 bits per heavy atom. The Morgan fingerprint density at radius 3 is 2.94 bits per heavy atom. The van der Waals surface area contributed by atoms with Gasteiger partial charge in [-0.25, -0.2) is 0 Å². The minimum Gasteiger partial charge on any atom is -0.398 e. The quantitative estimate of drug-likeness (QED) is 0.758. The molecule has 1 atom stereocenters. The van der Waals surface area contributed by atoms with E-state index in [9.17, 15) is 0 Å². The molecule has 17 heavy (non-hydrogen) atoms. The van der Waals surface area contributed by atoms with Crippen LogP contribution in [0.1, 0.15) is 29.6 Å². The van der Waals surface area contributed by atoms with E-state index in [2.05, 4.69) is 26.9 Å². The van der Waals surface area contributed by atoms with E-state index < -0.39 is 0 Å². The molecule has 1 aliphatic heterocycles. The van der Waals surface area contributed by atoms with Crippen molar-refractivity contribution in [1.29, 1.82) is 0 Å². The standard InChI is InChI=1S/C13H16N4/c1-9-15-16-13-7-6-10(8-17(9)13)11-4-2-3-5-12(11)14/h2-5,10H,6-8,14H2,1H3. The van der Waals surface area contributed by atoms with Crippen LogP contribution < -0.4 is 5.73 Å². The van der Waals surface area contributed by atoms with Crippen molar-refractivity contribution < 1.29 is 0 Å². The molecule has 0 saturated carbocycles. The summed E-state index contributed by atoms with van der Waals surface area (Å²) in [5, 5.41) is 8.32. The fourth-order valence-electron chi connectivity index (χ4n) is 2.60. The summed E-state index contributed by atoms with van der Waals surface area (Å²) >= 11 is 0. The zero-order chi connectivity index (χ0) is 11.8. The maximum atomic E-state index is 6.04. The van der Waals surface area contributed by atoms with E-state index in [0.29, 0.717) is 5.92 Å². The minimum atomic E-state index is 0.485. The molecule has 4 heteroatoms. The first kappa shape index (κ1) is 10.3. The summed E-state index contributed by atoms with van der Waals surface area (Å²) in [4.78, 5) is 0. The predicted molar refractivity (Wildman–Crippen MR) is 66.7 cm³/mol. The molecule has 1 aromatic heterocycles. The second kappa shape index (κ2) is 3.87. The number of aromatic nitrogens is 3. The van der Waals surface area contributed by atoms with E-state index in [0.717, 1.165) is 36.7 Å². The highest BCUT2D eigenvalue weighted by Crippen LogP contribution is 2.31. The van der Waals surface area contributed by atoms with Crippen LogP contribution in [-0.4, -0.2) is 14.8 Å². The summed E-state index contributed by atoms with van der Waals surface area (Å²) in [6.07, 6.45) is 2.09. The van der Waals surface area contributed by atoms with Gasteiger partial charge in [-0.3, -0.25) is 0 Å². The van der Waals surface area contributed by atoms with Gasteiger partial charge in [-0.2, -0.15) is 0 Å². The number of hydrogen-bond acceptors (Lipinski definition) is 3. The molecule has 0 amide bonds. The lowest BCUT2D eigenvalue weighted by Crippen LogP contribution is -2.20. The molecule has 0 fully saturated rings. The maximum Gasteiger partial charge on any atom is 0.133 e. The van der Waals surface area contributed by atoms with Gasteiger partial charge in [0.05, 0.1) is 0 Å². The lowest BCUT2D eigenvalue weighted by atomic mass is 9.90. The van der Waals surface area contributed by atoms with Crippen molar-refractivity contribution in [3.05, 3.63) is 41.5 Å². The molecular weight excluding hydrogens is 212 g/mol. The third-order valence-electron chi connectivity index (χ3n) is 3.57. The van der Waals surface area contributed by atoms with Crippen molar-refractivity contribution in [1.82, 2.24) is 14.8 Å². The molecule has 3 rings (SSSR count). The molecule has 4 nitrogen and oxygen atoms in total. The van der Waals surface area contributed by atoms with Gasteiger partial charge in [0.2, 0.25) is 0 Å². The first-order valence-corrected chi connectivity index (χ1v) is 5.99. The van der Waals surface area contributed by atoms with Gasteiger partial charge in [0, 0.05) is 24.6 Å². The largest absolute Gasteiger partial charge is 0.398 e. The molecule has 0 bridgehead atoms.